The van der Waals surface area contributed by atoms with Crippen molar-refractivity contribution in [3.63, 3.8) is 0 Å². The van der Waals surface area contributed by atoms with Gasteiger partial charge in [0.1, 0.15) is 16.0 Å². The smallest absolute Gasteiger partial charge is 0.176 e. The molecule has 0 aliphatic carbocycles. The summed E-state index contributed by atoms with van der Waals surface area (Å²) in [6, 6.07) is 13.3. The van der Waals surface area contributed by atoms with Crippen LogP contribution < -0.4 is 9.47 Å². The van der Waals surface area contributed by atoms with E-state index in [1.165, 1.54) is 11.8 Å². The molecule has 0 bridgehead atoms. The minimum Gasteiger partial charge on any atom is -0.495 e. The number of carbonyl (C=O) groups is 1. The van der Waals surface area contributed by atoms with E-state index >= 15 is 0 Å². The van der Waals surface area contributed by atoms with Crippen molar-refractivity contribution in [2.75, 3.05) is 20.0 Å². The number of Topliss-reactive ketones (excluding diaryl/α,β-unsaturated/α-hetero) is 1. The lowest BCUT2D eigenvalue weighted by Crippen LogP contribution is -2.06. The molecule has 3 nitrogen and oxygen atoms in total. The monoisotopic (exact) mass is 366 g/mol. The fourth-order valence-corrected chi connectivity index (χ4v) is 3.33. The molecule has 110 valence electrons. The third-order valence-electron chi connectivity index (χ3n) is 2.90. The molecule has 0 atom stereocenters. The van der Waals surface area contributed by atoms with Gasteiger partial charge in [-0.25, -0.2) is 0 Å². The highest BCUT2D eigenvalue weighted by molar-refractivity contribution is 9.10. The Morgan fingerprint density at radius 1 is 1.10 bits per heavy atom. The van der Waals surface area contributed by atoms with E-state index in [2.05, 4.69) is 15.9 Å². The van der Waals surface area contributed by atoms with Gasteiger partial charge in [-0.1, -0.05) is 18.2 Å². The molecular weight excluding hydrogens is 352 g/mol. The molecule has 0 saturated carbocycles. The van der Waals surface area contributed by atoms with E-state index in [9.17, 15) is 4.79 Å². The fraction of sp³-hybridized carbons (Fsp3) is 0.188. The normalized spacial score (nSPS) is 10.2. The van der Waals surface area contributed by atoms with Crippen molar-refractivity contribution in [1.29, 1.82) is 0 Å². The maximum absolute atomic E-state index is 12.4. The van der Waals surface area contributed by atoms with Crippen LogP contribution in [0.1, 0.15) is 10.4 Å². The number of hydrogen-bond donors (Lipinski definition) is 0. The van der Waals surface area contributed by atoms with Gasteiger partial charge in [0, 0.05) is 4.90 Å². The Balaban J connectivity index is 2.17. The highest BCUT2D eigenvalue weighted by atomic mass is 79.9. The van der Waals surface area contributed by atoms with Gasteiger partial charge in [0.15, 0.2) is 5.78 Å². The lowest BCUT2D eigenvalue weighted by atomic mass is 10.1. The first-order chi connectivity index (χ1) is 10.2. The zero-order valence-electron chi connectivity index (χ0n) is 11.8. The summed E-state index contributed by atoms with van der Waals surface area (Å²) in [5, 5.41) is 0. The molecule has 0 aliphatic heterocycles. The van der Waals surface area contributed by atoms with Gasteiger partial charge in [-0.15, -0.1) is 11.8 Å². The summed E-state index contributed by atoms with van der Waals surface area (Å²) in [4.78, 5) is 13.5. The molecule has 0 heterocycles. The highest BCUT2D eigenvalue weighted by Crippen LogP contribution is 2.37. The van der Waals surface area contributed by atoms with Crippen molar-refractivity contribution >= 4 is 33.5 Å². The second kappa shape index (κ2) is 7.52. The minimum atomic E-state index is 0.0176. The van der Waals surface area contributed by atoms with Crippen molar-refractivity contribution in [2.45, 2.75) is 4.90 Å². The quantitative estimate of drug-likeness (QED) is 0.559. The van der Waals surface area contributed by atoms with E-state index in [-0.39, 0.29) is 5.78 Å². The number of hydrogen-bond acceptors (Lipinski definition) is 4. The van der Waals surface area contributed by atoms with Crippen molar-refractivity contribution in [2.24, 2.45) is 0 Å². The van der Waals surface area contributed by atoms with Crippen LogP contribution in [-0.2, 0) is 0 Å². The SMILES string of the molecule is COc1ccc(C(=O)CSc2ccccc2)c(OC)c1Br. The Labute approximate surface area is 136 Å². The first-order valence-corrected chi connectivity index (χ1v) is 8.06. The van der Waals surface area contributed by atoms with E-state index in [0.717, 1.165) is 4.90 Å². The Hall–Kier alpha value is -1.46. The van der Waals surface area contributed by atoms with Crippen LogP contribution in [-0.4, -0.2) is 25.8 Å². The van der Waals surface area contributed by atoms with E-state index in [1.54, 1.807) is 26.4 Å². The van der Waals surface area contributed by atoms with Gasteiger partial charge in [0.25, 0.3) is 0 Å². The number of carbonyl (C=O) groups excluding carboxylic acids is 1. The number of ketones is 1. The van der Waals surface area contributed by atoms with Crippen LogP contribution in [0.25, 0.3) is 0 Å². The molecule has 0 aliphatic rings. The van der Waals surface area contributed by atoms with E-state index < -0.39 is 0 Å². The van der Waals surface area contributed by atoms with Gasteiger partial charge >= 0.3 is 0 Å². The van der Waals surface area contributed by atoms with Crippen LogP contribution >= 0.6 is 27.7 Å². The Morgan fingerprint density at radius 3 is 2.43 bits per heavy atom. The van der Waals surface area contributed by atoms with Crippen LogP contribution in [0, 0.1) is 0 Å². The van der Waals surface area contributed by atoms with Crippen LogP contribution in [0.3, 0.4) is 0 Å². The molecule has 21 heavy (non-hydrogen) atoms. The van der Waals surface area contributed by atoms with Crippen molar-refractivity contribution in [3.05, 3.63) is 52.5 Å². The molecule has 2 rings (SSSR count). The van der Waals surface area contributed by atoms with E-state index in [4.69, 9.17) is 9.47 Å². The van der Waals surface area contributed by atoms with E-state index in [0.29, 0.717) is 27.3 Å². The molecule has 0 spiro atoms. The van der Waals surface area contributed by atoms with Gasteiger partial charge in [-0.2, -0.15) is 0 Å². The minimum absolute atomic E-state index is 0.0176. The molecular formula is C16H15BrO3S. The average Bonchev–Trinajstić information content (AvgIpc) is 2.53. The van der Waals surface area contributed by atoms with Gasteiger partial charge in [0.05, 0.1) is 25.5 Å². The van der Waals surface area contributed by atoms with Crippen molar-refractivity contribution < 1.29 is 14.3 Å². The number of benzene rings is 2. The van der Waals surface area contributed by atoms with Crippen LogP contribution in [0.5, 0.6) is 11.5 Å². The number of methoxy groups -OCH3 is 2. The number of halogens is 1. The summed E-state index contributed by atoms with van der Waals surface area (Å²) in [7, 11) is 3.12. The van der Waals surface area contributed by atoms with Crippen LogP contribution in [0.4, 0.5) is 0 Å². The lowest BCUT2D eigenvalue weighted by Gasteiger charge is -2.12. The summed E-state index contributed by atoms with van der Waals surface area (Å²) in [5.74, 6) is 1.52. The summed E-state index contributed by atoms with van der Waals surface area (Å²) < 4.78 is 11.2. The average molecular weight is 367 g/mol. The molecule has 0 fully saturated rings. The van der Waals surface area contributed by atoms with Gasteiger partial charge < -0.3 is 9.47 Å². The second-order valence-corrected chi connectivity index (χ2v) is 6.03. The molecule has 0 unspecified atom stereocenters. The third kappa shape index (κ3) is 3.80. The van der Waals surface area contributed by atoms with Crippen molar-refractivity contribution in [3.8, 4) is 11.5 Å². The zero-order valence-corrected chi connectivity index (χ0v) is 14.2. The summed E-state index contributed by atoms with van der Waals surface area (Å²) >= 11 is 4.91. The van der Waals surface area contributed by atoms with Crippen LogP contribution in [0.2, 0.25) is 0 Å². The number of ether oxygens (including phenoxy) is 2. The summed E-state index contributed by atoms with van der Waals surface area (Å²) in [5.41, 5.74) is 0.550. The molecule has 2 aromatic carbocycles. The molecule has 5 heteroatoms. The topological polar surface area (TPSA) is 35.5 Å². The highest BCUT2D eigenvalue weighted by Gasteiger charge is 2.18. The summed E-state index contributed by atoms with van der Waals surface area (Å²) in [6.45, 7) is 0. The Bertz CT molecular complexity index is 629. The maximum atomic E-state index is 12.4. The zero-order chi connectivity index (χ0) is 15.2. The third-order valence-corrected chi connectivity index (χ3v) is 4.66. The largest absolute Gasteiger partial charge is 0.495 e. The van der Waals surface area contributed by atoms with Crippen LogP contribution in [0.15, 0.2) is 51.8 Å². The molecule has 0 radical (unpaired) electrons. The van der Waals surface area contributed by atoms with Crippen molar-refractivity contribution in [1.82, 2.24) is 0 Å². The number of thioether (sulfide) groups is 1. The second-order valence-electron chi connectivity index (χ2n) is 4.19. The molecule has 0 aromatic heterocycles. The van der Waals surface area contributed by atoms with Gasteiger partial charge in [0.2, 0.25) is 0 Å². The molecule has 2 aromatic rings. The standard InChI is InChI=1S/C16H15BrO3S/c1-19-14-9-8-12(16(20-2)15(14)17)13(18)10-21-11-6-4-3-5-7-11/h3-9H,10H2,1-2H3. The Morgan fingerprint density at radius 2 is 1.81 bits per heavy atom. The maximum Gasteiger partial charge on any atom is 0.176 e. The predicted molar refractivity (Wildman–Crippen MR) is 88.7 cm³/mol. The fourth-order valence-electron chi connectivity index (χ4n) is 1.86. The first-order valence-electron chi connectivity index (χ1n) is 6.29. The summed E-state index contributed by atoms with van der Waals surface area (Å²) in [6.07, 6.45) is 0. The molecule has 0 amide bonds. The molecule has 0 saturated heterocycles. The predicted octanol–water partition coefficient (Wildman–Crippen LogP) is 4.44. The van der Waals surface area contributed by atoms with Gasteiger partial charge in [-0.05, 0) is 40.2 Å². The Kier molecular flexibility index (Phi) is 5.70. The first kappa shape index (κ1) is 15.9. The molecule has 0 N–H and O–H groups in total. The number of rotatable bonds is 6. The van der Waals surface area contributed by atoms with Gasteiger partial charge in [-0.3, -0.25) is 4.79 Å². The van der Waals surface area contributed by atoms with E-state index in [1.807, 2.05) is 30.3 Å². The lowest BCUT2D eigenvalue weighted by molar-refractivity contribution is 0.101.